The van der Waals surface area contributed by atoms with Crippen molar-refractivity contribution < 1.29 is 14.6 Å². The maximum atomic E-state index is 10.3. The fourth-order valence-corrected chi connectivity index (χ4v) is 4.49. The molecule has 0 bridgehead atoms. The topological polar surface area (TPSA) is 46.5 Å². The molecule has 0 saturated heterocycles. The lowest BCUT2D eigenvalue weighted by molar-refractivity contribution is -0.137. The molecule has 0 radical (unpaired) electrons. The van der Waals surface area contributed by atoms with Crippen LogP contribution < -0.4 is 0 Å². The van der Waals surface area contributed by atoms with E-state index >= 15 is 0 Å². The SMILES string of the molecule is CCCCC(CC)COCC(CC)CCCC.CCCCCCCCCCCCCCCC(=O)O. The molecule has 212 valence electrons. The van der Waals surface area contributed by atoms with E-state index in [0.717, 1.165) is 37.9 Å². The quantitative estimate of drug-likeness (QED) is 0.121. The summed E-state index contributed by atoms with van der Waals surface area (Å²) in [6.45, 7) is 13.3. The summed E-state index contributed by atoms with van der Waals surface area (Å²) in [7, 11) is 0. The maximum absolute atomic E-state index is 10.3. The van der Waals surface area contributed by atoms with Gasteiger partial charge in [0.25, 0.3) is 0 Å². The molecular formula is C32H66O3. The van der Waals surface area contributed by atoms with Crippen LogP contribution in [0, 0.1) is 11.8 Å². The van der Waals surface area contributed by atoms with E-state index < -0.39 is 5.97 Å². The number of unbranched alkanes of at least 4 members (excludes halogenated alkanes) is 14. The van der Waals surface area contributed by atoms with Crippen molar-refractivity contribution in [3.05, 3.63) is 0 Å². The van der Waals surface area contributed by atoms with Gasteiger partial charge in [0.1, 0.15) is 0 Å². The van der Waals surface area contributed by atoms with E-state index in [1.165, 1.54) is 122 Å². The van der Waals surface area contributed by atoms with Gasteiger partial charge < -0.3 is 9.84 Å². The molecule has 0 aromatic rings. The monoisotopic (exact) mass is 499 g/mol. The van der Waals surface area contributed by atoms with Crippen LogP contribution in [0.4, 0.5) is 0 Å². The Labute approximate surface area is 221 Å². The van der Waals surface area contributed by atoms with Crippen LogP contribution in [0.25, 0.3) is 0 Å². The number of carbonyl (C=O) groups is 1. The molecule has 3 heteroatoms. The minimum absolute atomic E-state index is 0.345. The highest BCUT2D eigenvalue weighted by Crippen LogP contribution is 2.17. The van der Waals surface area contributed by atoms with Crippen LogP contribution in [0.2, 0.25) is 0 Å². The zero-order valence-corrected chi connectivity index (χ0v) is 24.9. The average Bonchev–Trinajstić information content (AvgIpc) is 2.86. The molecule has 0 aliphatic rings. The van der Waals surface area contributed by atoms with E-state index in [1.807, 2.05) is 0 Å². The largest absolute Gasteiger partial charge is 0.481 e. The molecule has 0 aromatic heterocycles. The number of carboxylic acids is 1. The van der Waals surface area contributed by atoms with Crippen LogP contribution in [0.1, 0.15) is 176 Å². The molecule has 1 N–H and O–H groups in total. The Balaban J connectivity index is 0. The summed E-state index contributed by atoms with van der Waals surface area (Å²) in [5.74, 6) is 0.926. The Morgan fingerprint density at radius 1 is 0.543 bits per heavy atom. The molecule has 0 spiro atoms. The fraction of sp³-hybridized carbons (Fsp3) is 0.969. The molecule has 0 aromatic carbocycles. The molecule has 0 saturated carbocycles. The summed E-state index contributed by atoms with van der Waals surface area (Å²) in [6, 6.07) is 0. The molecule has 3 nitrogen and oxygen atoms in total. The highest BCUT2D eigenvalue weighted by molar-refractivity contribution is 5.66. The predicted molar refractivity (Wildman–Crippen MR) is 155 cm³/mol. The standard InChI is InChI=1S/C16H32O2.C16H34O/c1-2-3-4-5-6-7-8-9-10-11-12-13-14-15-16(17)18;1-5-9-11-15(7-3)13-17-14-16(8-4)12-10-6-2/h2-15H2,1H3,(H,17,18);15-16H,5-14H2,1-4H3. The van der Waals surface area contributed by atoms with Crippen molar-refractivity contribution in [2.45, 2.75) is 176 Å². The van der Waals surface area contributed by atoms with Crippen LogP contribution in [0.5, 0.6) is 0 Å². The Morgan fingerprint density at radius 3 is 1.20 bits per heavy atom. The van der Waals surface area contributed by atoms with E-state index in [4.69, 9.17) is 9.84 Å². The number of ether oxygens (including phenoxy) is 1. The van der Waals surface area contributed by atoms with E-state index in [9.17, 15) is 4.79 Å². The summed E-state index contributed by atoms with van der Waals surface area (Å²) in [6.07, 6.45) is 27.8. The molecular weight excluding hydrogens is 432 g/mol. The van der Waals surface area contributed by atoms with E-state index in [1.54, 1.807) is 0 Å². The second-order valence-corrected chi connectivity index (χ2v) is 10.8. The van der Waals surface area contributed by atoms with Gasteiger partial charge >= 0.3 is 5.97 Å². The van der Waals surface area contributed by atoms with Crippen molar-refractivity contribution in [2.75, 3.05) is 13.2 Å². The molecule has 0 heterocycles. The third kappa shape index (κ3) is 31.4. The van der Waals surface area contributed by atoms with Crippen LogP contribution in [-0.4, -0.2) is 24.3 Å². The normalized spacial score (nSPS) is 12.7. The van der Waals surface area contributed by atoms with E-state index in [0.29, 0.717) is 6.42 Å². The zero-order valence-electron chi connectivity index (χ0n) is 24.9. The smallest absolute Gasteiger partial charge is 0.303 e. The fourth-order valence-electron chi connectivity index (χ4n) is 4.49. The van der Waals surface area contributed by atoms with Crippen molar-refractivity contribution in [1.29, 1.82) is 0 Å². The van der Waals surface area contributed by atoms with Crippen LogP contribution in [0.3, 0.4) is 0 Å². The molecule has 0 amide bonds. The Bertz CT molecular complexity index is 380. The number of carboxylic acid groups (broad SMARTS) is 1. The summed E-state index contributed by atoms with van der Waals surface area (Å²) in [4.78, 5) is 10.3. The Morgan fingerprint density at radius 2 is 0.886 bits per heavy atom. The van der Waals surface area contributed by atoms with Crippen molar-refractivity contribution in [3.63, 3.8) is 0 Å². The maximum Gasteiger partial charge on any atom is 0.303 e. The number of rotatable bonds is 26. The molecule has 0 rings (SSSR count). The Hall–Kier alpha value is -0.570. The summed E-state index contributed by atoms with van der Waals surface area (Å²) in [5, 5.41) is 8.49. The summed E-state index contributed by atoms with van der Waals surface area (Å²) < 4.78 is 5.93. The first-order valence-corrected chi connectivity index (χ1v) is 15.8. The second-order valence-electron chi connectivity index (χ2n) is 10.8. The second kappa shape index (κ2) is 31.5. The van der Waals surface area contributed by atoms with Crippen molar-refractivity contribution in [2.24, 2.45) is 11.8 Å². The van der Waals surface area contributed by atoms with Gasteiger partial charge in [0.15, 0.2) is 0 Å². The number of hydrogen-bond donors (Lipinski definition) is 1. The first kappa shape index (κ1) is 36.6. The molecule has 2 atom stereocenters. The first-order valence-electron chi connectivity index (χ1n) is 15.8. The molecule has 0 aliphatic carbocycles. The van der Waals surface area contributed by atoms with Gasteiger partial charge in [-0.1, -0.05) is 150 Å². The van der Waals surface area contributed by atoms with Gasteiger partial charge in [-0.2, -0.15) is 0 Å². The average molecular weight is 499 g/mol. The predicted octanol–water partition coefficient (Wildman–Crippen LogP) is 11.0. The number of aliphatic carboxylic acids is 1. The molecule has 2 unspecified atom stereocenters. The van der Waals surface area contributed by atoms with E-state index in [2.05, 4.69) is 34.6 Å². The zero-order chi connectivity index (χ0) is 26.4. The van der Waals surface area contributed by atoms with Gasteiger partial charge in [0, 0.05) is 19.6 Å². The lowest BCUT2D eigenvalue weighted by atomic mass is 9.99. The highest BCUT2D eigenvalue weighted by Gasteiger charge is 2.09. The molecule has 35 heavy (non-hydrogen) atoms. The van der Waals surface area contributed by atoms with Gasteiger partial charge in [-0.15, -0.1) is 0 Å². The minimum atomic E-state index is -0.655. The van der Waals surface area contributed by atoms with Gasteiger partial charge in [-0.3, -0.25) is 4.79 Å². The van der Waals surface area contributed by atoms with Gasteiger partial charge in [0.05, 0.1) is 0 Å². The lowest BCUT2D eigenvalue weighted by Gasteiger charge is -2.18. The van der Waals surface area contributed by atoms with Gasteiger partial charge in [0.2, 0.25) is 0 Å². The lowest BCUT2D eigenvalue weighted by Crippen LogP contribution is -2.14. The van der Waals surface area contributed by atoms with Crippen LogP contribution in [0.15, 0.2) is 0 Å². The van der Waals surface area contributed by atoms with Gasteiger partial charge in [-0.05, 0) is 31.1 Å². The summed E-state index contributed by atoms with van der Waals surface area (Å²) in [5.41, 5.74) is 0. The Kier molecular flexibility index (Phi) is 32.9. The van der Waals surface area contributed by atoms with Crippen molar-refractivity contribution in [3.8, 4) is 0 Å². The molecule has 0 aliphatic heterocycles. The van der Waals surface area contributed by atoms with E-state index in [-0.39, 0.29) is 0 Å². The first-order chi connectivity index (χ1) is 17.0. The minimum Gasteiger partial charge on any atom is -0.481 e. The van der Waals surface area contributed by atoms with Crippen molar-refractivity contribution >= 4 is 5.97 Å². The van der Waals surface area contributed by atoms with Gasteiger partial charge in [-0.25, -0.2) is 0 Å². The van der Waals surface area contributed by atoms with Crippen LogP contribution >= 0.6 is 0 Å². The molecule has 0 fully saturated rings. The van der Waals surface area contributed by atoms with Crippen molar-refractivity contribution in [1.82, 2.24) is 0 Å². The third-order valence-corrected chi connectivity index (χ3v) is 7.29. The summed E-state index contributed by atoms with van der Waals surface area (Å²) >= 11 is 0. The number of hydrogen-bond acceptors (Lipinski definition) is 2. The highest BCUT2D eigenvalue weighted by atomic mass is 16.5. The van der Waals surface area contributed by atoms with Crippen LogP contribution in [-0.2, 0) is 9.53 Å². The third-order valence-electron chi connectivity index (χ3n) is 7.29.